The van der Waals surface area contributed by atoms with Crippen molar-refractivity contribution in [1.82, 2.24) is 9.66 Å². The standard InChI is InChI=1S/C18H15BrIN3O2/c1-3-17-22-15-6-5-12(19)9-13(15)18(24)23(17)21-10-11-4-7-16(25-2)14(20)8-11/h4-10H,3H2,1-2H3. The van der Waals surface area contributed by atoms with Gasteiger partial charge in [-0.1, -0.05) is 22.9 Å². The first-order valence-corrected chi connectivity index (χ1v) is 9.49. The van der Waals surface area contributed by atoms with Crippen LogP contribution in [0.2, 0.25) is 0 Å². The lowest BCUT2D eigenvalue weighted by Crippen LogP contribution is -2.22. The van der Waals surface area contributed by atoms with Gasteiger partial charge in [0.05, 0.1) is 27.8 Å². The Hall–Kier alpha value is -1.74. The summed E-state index contributed by atoms with van der Waals surface area (Å²) in [5, 5.41) is 4.92. The highest BCUT2D eigenvalue weighted by Crippen LogP contribution is 2.21. The Bertz CT molecular complexity index is 1030. The number of methoxy groups -OCH3 is 1. The van der Waals surface area contributed by atoms with E-state index in [9.17, 15) is 4.79 Å². The smallest absolute Gasteiger partial charge is 0.282 e. The second-order valence-corrected chi connectivity index (χ2v) is 7.38. The second-order valence-electron chi connectivity index (χ2n) is 5.30. The van der Waals surface area contributed by atoms with Crippen LogP contribution in [-0.2, 0) is 6.42 Å². The van der Waals surface area contributed by atoms with E-state index in [0.29, 0.717) is 23.1 Å². The highest BCUT2D eigenvalue weighted by Gasteiger charge is 2.09. The lowest BCUT2D eigenvalue weighted by molar-refractivity contribution is 0.412. The van der Waals surface area contributed by atoms with Crippen molar-refractivity contribution in [3.05, 3.63) is 66.2 Å². The van der Waals surface area contributed by atoms with Gasteiger partial charge in [0.2, 0.25) is 0 Å². The molecule has 1 heterocycles. The average Bonchev–Trinajstić information content (AvgIpc) is 2.61. The molecule has 0 fully saturated rings. The van der Waals surface area contributed by atoms with Crippen LogP contribution < -0.4 is 10.3 Å². The fourth-order valence-electron chi connectivity index (χ4n) is 2.43. The van der Waals surface area contributed by atoms with Crippen LogP contribution in [0.3, 0.4) is 0 Å². The molecule has 0 aliphatic heterocycles. The Morgan fingerprint density at radius 2 is 2.12 bits per heavy atom. The van der Waals surface area contributed by atoms with E-state index in [2.05, 4.69) is 48.6 Å². The minimum Gasteiger partial charge on any atom is -0.496 e. The van der Waals surface area contributed by atoms with Gasteiger partial charge >= 0.3 is 0 Å². The van der Waals surface area contributed by atoms with Gasteiger partial charge in [0.25, 0.3) is 5.56 Å². The Labute approximate surface area is 167 Å². The van der Waals surface area contributed by atoms with Gasteiger partial charge in [-0.15, -0.1) is 0 Å². The number of benzene rings is 2. The number of halogens is 2. The van der Waals surface area contributed by atoms with E-state index < -0.39 is 0 Å². The molecule has 0 aliphatic carbocycles. The van der Waals surface area contributed by atoms with E-state index in [0.717, 1.165) is 19.4 Å². The zero-order valence-electron chi connectivity index (χ0n) is 13.7. The molecule has 3 rings (SSSR count). The van der Waals surface area contributed by atoms with Crippen LogP contribution in [0, 0.1) is 3.57 Å². The summed E-state index contributed by atoms with van der Waals surface area (Å²) in [4.78, 5) is 17.4. The van der Waals surface area contributed by atoms with Crippen LogP contribution in [0.1, 0.15) is 18.3 Å². The first kappa shape index (κ1) is 18.1. The molecule has 0 amide bonds. The van der Waals surface area contributed by atoms with Crippen molar-refractivity contribution in [2.75, 3.05) is 7.11 Å². The largest absolute Gasteiger partial charge is 0.496 e. The zero-order chi connectivity index (χ0) is 18.0. The molecule has 0 saturated carbocycles. The summed E-state index contributed by atoms with van der Waals surface area (Å²) in [5.41, 5.74) is 1.38. The van der Waals surface area contributed by atoms with Crippen molar-refractivity contribution in [3.63, 3.8) is 0 Å². The summed E-state index contributed by atoms with van der Waals surface area (Å²) in [6.07, 6.45) is 2.27. The molecule has 0 atom stereocenters. The Morgan fingerprint density at radius 1 is 1.32 bits per heavy atom. The second kappa shape index (κ2) is 7.65. The maximum atomic E-state index is 12.8. The van der Waals surface area contributed by atoms with Gasteiger partial charge in [0.1, 0.15) is 11.6 Å². The van der Waals surface area contributed by atoms with Crippen molar-refractivity contribution >= 4 is 55.6 Å². The molecule has 7 heteroatoms. The van der Waals surface area contributed by atoms with Crippen molar-refractivity contribution in [3.8, 4) is 5.75 Å². The maximum absolute atomic E-state index is 12.8. The topological polar surface area (TPSA) is 56.5 Å². The molecule has 5 nitrogen and oxygen atoms in total. The predicted molar refractivity (Wildman–Crippen MR) is 112 cm³/mol. The van der Waals surface area contributed by atoms with Gasteiger partial charge in [0.15, 0.2) is 0 Å². The summed E-state index contributed by atoms with van der Waals surface area (Å²) in [6, 6.07) is 11.2. The molecule has 1 aromatic heterocycles. The highest BCUT2D eigenvalue weighted by molar-refractivity contribution is 14.1. The minimum absolute atomic E-state index is 0.178. The summed E-state index contributed by atoms with van der Waals surface area (Å²) in [5.74, 6) is 1.43. The van der Waals surface area contributed by atoms with Crippen molar-refractivity contribution in [2.24, 2.45) is 5.10 Å². The van der Waals surface area contributed by atoms with Crippen molar-refractivity contribution < 1.29 is 4.74 Å². The Balaban J connectivity index is 2.10. The average molecular weight is 512 g/mol. The highest BCUT2D eigenvalue weighted by atomic mass is 127. The normalized spacial score (nSPS) is 11.4. The number of rotatable bonds is 4. The van der Waals surface area contributed by atoms with Gasteiger partial charge < -0.3 is 4.74 Å². The van der Waals surface area contributed by atoms with Gasteiger partial charge in [-0.25, -0.2) is 4.98 Å². The van der Waals surface area contributed by atoms with Crippen LogP contribution in [0.5, 0.6) is 5.75 Å². The number of aryl methyl sites for hydroxylation is 1. The van der Waals surface area contributed by atoms with E-state index >= 15 is 0 Å². The van der Waals surface area contributed by atoms with Crippen LogP contribution in [0.25, 0.3) is 10.9 Å². The van der Waals surface area contributed by atoms with Crippen molar-refractivity contribution in [2.45, 2.75) is 13.3 Å². The SMILES string of the molecule is CCc1nc2ccc(Br)cc2c(=O)n1N=Cc1ccc(OC)c(I)c1. The molecule has 25 heavy (non-hydrogen) atoms. The third-order valence-electron chi connectivity index (χ3n) is 3.69. The summed E-state index contributed by atoms with van der Waals surface area (Å²) < 4.78 is 8.44. The van der Waals surface area contributed by atoms with Gasteiger partial charge in [-0.3, -0.25) is 4.79 Å². The fourth-order valence-corrected chi connectivity index (χ4v) is 3.55. The van der Waals surface area contributed by atoms with E-state index in [1.54, 1.807) is 19.4 Å². The van der Waals surface area contributed by atoms with Gasteiger partial charge in [0, 0.05) is 10.9 Å². The Kier molecular flexibility index (Phi) is 5.53. The molecule has 0 bridgehead atoms. The van der Waals surface area contributed by atoms with Gasteiger partial charge in [-0.05, 0) is 64.6 Å². The Morgan fingerprint density at radius 3 is 2.80 bits per heavy atom. The molecule has 128 valence electrons. The molecule has 3 aromatic rings. The van der Waals surface area contributed by atoms with Crippen LogP contribution in [-0.4, -0.2) is 23.0 Å². The summed E-state index contributed by atoms with van der Waals surface area (Å²) >= 11 is 5.60. The fraction of sp³-hybridized carbons (Fsp3) is 0.167. The quantitative estimate of drug-likeness (QED) is 0.389. The maximum Gasteiger partial charge on any atom is 0.282 e. The molecular formula is C18H15BrIN3O2. The molecule has 0 spiro atoms. The number of ether oxygens (including phenoxy) is 1. The summed E-state index contributed by atoms with van der Waals surface area (Å²) in [6.45, 7) is 1.95. The van der Waals surface area contributed by atoms with Crippen LogP contribution >= 0.6 is 38.5 Å². The molecule has 0 radical (unpaired) electrons. The number of nitrogens with zero attached hydrogens (tertiary/aromatic N) is 3. The first-order chi connectivity index (χ1) is 12.0. The first-order valence-electron chi connectivity index (χ1n) is 7.62. The molecule has 0 saturated heterocycles. The van der Waals surface area contributed by atoms with Crippen molar-refractivity contribution in [1.29, 1.82) is 0 Å². The zero-order valence-corrected chi connectivity index (χ0v) is 17.4. The number of fused-ring (bicyclic) bond motifs is 1. The number of aromatic nitrogens is 2. The lowest BCUT2D eigenvalue weighted by atomic mass is 10.2. The van der Waals surface area contributed by atoms with E-state index in [1.165, 1.54) is 4.68 Å². The molecule has 0 unspecified atom stereocenters. The third kappa shape index (κ3) is 3.77. The minimum atomic E-state index is -0.178. The monoisotopic (exact) mass is 511 g/mol. The molecule has 0 N–H and O–H groups in total. The van der Waals surface area contributed by atoms with E-state index in [1.807, 2.05) is 37.3 Å². The van der Waals surface area contributed by atoms with Crippen LogP contribution in [0.4, 0.5) is 0 Å². The van der Waals surface area contributed by atoms with E-state index in [4.69, 9.17) is 4.74 Å². The third-order valence-corrected chi connectivity index (χ3v) is 5.03. The summed E-state index contributed by atoms with van der Waals surface area (Å²) in [7, 11) is 1.64. The predicted octanol–water partition coefficient (Wildman–Crippen LogP) is 4.22. The molecule has 2 aromatic carbocycles. The number of hydrogen-bond acceptors (Lipinski definition) is 4. The van der Waals surface area contributed by atoms with E-state index in [-0.39, 0.29) is 5.56 Å². The van der Waals surface area contributed by atoms with Gasteiger partial charge in [-0.2, -0.15) is 9.78 Å². The number of hydrogen-bond donors (Lipinski definition) is 0. The molecular weight excluding hydrogens is 497 g/mol. The van der Waals surface area contributed by atoms with Crippen LogP contribution in [0.15, 0.2) is 50.8 Å². The lowest BCUT2D eigenvalue weighted by Gasteiger charge is -2.08. The molecule has 0 aliphatic rings.